The highest BCUT2D eigenvalue weighted by Gasteiger charge is 2.64. The maximum Gasteiger partial charge on any atom is 0.457 e. The SMILES string of the molecule is CCc1ccc(C(OC(=O)S)C(F)(F)C(F)(F)F)cc1. The number of rotatable bonds is 4. The predicted molar refractivity (Wildman–Crippen MR) is 65.0 cm³/mol. The summed E-state index contributed by atoms with van der Waals surface area (Å²) in [4.78, 5) is 10.7. The first kappa shape index (κ1) is 16.7. The molecular formula is C12H11F5O2S. The Morgan fingerprint density at radius 3 is 2.05 bits per heavy atom. The van der Waals surface area contributed by atoms with E-state index in [2.05, 4.69) is 17.4 Å². The van der Waals surface area contributed by atoms with Crippen molar-refractivity contribution >= 4 is 17.9 Å². The van der Waals surface area contributed by atoms with Gasteiger partial charge in [0.1, 0.15) is 0 Å². The summed E-state index contributed by atoms with van der Waals surface area (Å²) < 4.78 is 68.0. The number of carbonyl (C=O) groups excluding carboxylic acids is 1. The number of thiol groups is 1. The molecule has 112 valence electrons. The van der Waals surface area contributed by atoms with Gasteiger partial charge in [-0.1, -0.05) is 43.8 Å². The molecule has 0 bridgehead atoms. The molecule has 0 aliphatic carbocycles. The van der Waals surface area contributed by atoms with Gasteiger partial charge in [-0.25, -0.2) is 4.79 Å². The molecule has 1 rings (SSSR count). The van der Waals surface area contributed by atoms with Gasteiger partial charge in [0.15, 0.2) is 0 Å². The quantitative estimate of drug-likeness (QED) is 0.501. The third kappa shape index (κ3) is 3.62. The maximum absolute atomic E-state index is 13.4. The molecule has 0 amide bonds. The van der Waals surface area contributed by atoms with E-state index in [-0.39, 0.29) is 0 Å². The molecule has 1 aromatic rings. The lowest BCUT2D eigenvalue weighted by Gasteiger charge is -2.28. The van der Waals surface area contributed by atoms with Gasteiger partial charge in [-0.05, 0) is 17.5 Å². The average molecular weight is 314 g/mol. The molecule has 0 aromatic heterocycles. The number of hydrogen-bond acceptors (Lipinski definition) is 2. The van der Waals surface area contributed by atoms with Crippen LogP contribution in [0.1, 0.15) is 24.2 Å². The fourth-order valence-corrected chi connectivity index (χ4v) is 1.63. The van der Waals surface area contributed by atoms with E-state index in [1.54, 1.807) is 6.92 Å². The first-order valence-corrected chi connectivity index (χ1v) is 5.97. The molecule has 1 aromatic carbocycles. The summed E-state index contributed by atoms with van der Waals surface area (Å²) in [5, 5.41) is -1.52. The van der Waals surface area contributed by atoms with Gasteiger partial charge in [-0.3, -0.25) is 0 Å². The van der Waals surface area contributed by atoms with Crippen molar-refractivity contribution in [2.75, 3.05) is 0 Å². The molecule has 0 heterocycles. The van der Waals surface area contributed by atoms with E-state index in [0.29, 0.717) is 6.42 Å². The Morgan fingerprint density at radius 2 is 1.70 bits per heavy atom. The minimum absolute atomic E-state index is 0.452. The Morgan fingerprint density at radius 1 is 1.20 bits per heavy atom. The lowest BCUT2D eigenvalue weighted by molar-refractivity contribution is -0.313. The van der Waals surface area contributed by atoms with Crippen molar-refractivity contribution in [3.8, 4) is 0 Å². The number of aryl methyl sites for hydroxylation is 1. The van der Waals surface area contributed by atoms with E-state index < -0.39 is 29.1 Å². The third-order valence-electron chi connectivity index (χ3n) is 2.62. The van der Waals surface area contributed by atoms with Crippen LogP contribution in [0, 0.1) is 0 Å². The highest BCUT2D eigenvalue weighted by Crippen LogP contribution is 2.46. The standard InChI is InChI=1S/C12H11F5O2S/c1-2-7-3-5-8(6-4-7)9(19-10(18)20)11(13,14)12(15,16)17/h3-6,9H,2H2,1H3,(H,18,20). The van der Waals surface area contributed by atoms with Crippen LogP contribution in [0.25, 0.3) is 0 Å². The number of benzene rings is 1. The second-order valence-corrected chi connectivity index (χ2v) is 4.34. The van der Waals surface area contributed by atoms with Crippen LogP contribution in [-0.4, -0.2) is 17.4 Å². The zero-order chi connectivity index (χ0) is 15.6. The van der Waals surface area contributed by atoms with Crippen LogP contribution in [-0.2, 0) is 11.2 Å². The number of carbonyl (C=O) groups is 1. The zero-order valence-electron chi connectivity index (χ0n) is 10.2. The Hall–Kier alpha value is -1.31. The molecule has 0 saturated carbocycles. The fraction of sp³-hybridized carbons (Fsp3) is 0.417. The van der Waals surface area contributed by atoms with Crippen LogP contribution in [0.4, 0.5) is 26.7 Å². The van der Waals surface area contributed by atoms with Crippen molar-refractivity contribution in [2.45, 2.75) is 31.5 Å². The normalized spacial score (nSPS) is 13.9. The molecule has 2 nitrogen and oxygen atoms in total. The smallest absolute Gasteiger partial charge is 0.443 e. The van der Waals surface area contributed by atoms with Crippen LogP contribution < -0.4 is 0 Å². The van der Waals surface area contributed by atoms with E-state index in [1.165, 1.54) is 12.1 Å². The lowest BCUT2D eigenvalue weighted by atomic mass is 10.0. The monoisotopic (exact) mass is 314 g/mol. The van der Waals surface area contributed by atoms with Gasteiger partial charge >= 0.3 is 17.4 Å². The van der Waals surface area contributed by atoms with Gasteiger partial charge in [-0.2, -0.15) is 22.0 Å². The summed E-state index contributed by atoms with van der Waals surface area (Å²) in [5.41, 5.74) is 0.298. The Balaban J connectivity index is 3.21. The fourth-order valence-electron chi connectivity index (χ4n) is 1.53. The van der Waals surface area contributed by atoms with Crippen molar-refractivity contribution < 1.29 is 31.5 Å². The number of alkyl halides is 5. The number of hydrogen-bond donors (Lipinski definition) is 1. The Labute approximate surface area is 117 Å². The van der Waals surface area contributed by atoms with Gasteiger partial charge in [0.25, 0.3) is 0 Å². The topological polar surface area (TPSA) is 26.3 Å². The minimum atomic E-state index is -5.84. The number of halogens is 5. The highest BCUT2D eigenvalue weighted by molar-refractivity contribution is 7.96. The summed E-state index contributed by atoms with van der Waals surface area (Å²) in [6.07, 6.45) is -8.02. The lowest BCUT2D eigenvalue weighted by Crippen LogP contribution is -2.43. The number of ether oxygens (including phenoxy) is 1. The van der Waals surface area contributed by atoms with Gasteiger partial charge in [-0.15, -0.1) is 0 Å². The first-order chi connectivity index (χ1) is 9.09. The Kier molecular flexibility index (Phi) is 5.01. The molecular weight excluding hydrogens is 303 g/mol. The summed E-state index contributed by atoms with van der Waals surface area (Å²) in [6.45, 7) is 1.80. The molecule has 0 radical (unpaired) electrons. The summed E-state index contributed by atoms with van der Waals surface area (Å²) in [6, 6.07) is 4.92. The zero-order valence-corrected chi connectivity index (χ0v) is 11.1. The minimum Gasteiger partial charge on any atom is -0.443 e. The summed E-state index contributed by atoms with van der Waals surface area (Å²) in [7, 11) is 0. The van der Waals surface area contributed by atoms with E-state index in [1.807, 2.05) is 0 Å². The molecule has 1 unspecified atom stereocenters. The largest absolute Gasteiger partial charge is 0.457 e. The van der Waals surface area contributed by atoms with Crippen LogP contribution >= 0.6 is 12.6 Å². The molecule has 0 saturated heterocycles. The van der Waals surface area contributed by atoms with Crippen LogP contribution in [0.15, 0.2) is 24.3 Å². The molecule has 8 heteroatoms. The van der Waals surface area contributed by atoms with E-state index in [4.69, 9.17) is 0 Å². The van der Waals surface area contributed by atoms with Crippen molar-refractivity contribution in [1.29, 1.82) is 0 Å². The molecule has 0 spiro atoms. The van der Waals surface area contributed by atoms with Gasteiger partial charge in [0.05, 0.1) is 0 Å². The van der Waals surface area contributed by atoms with Gasteiger partial charge < -0.3 is 4.74 Å². The van der Waals surface area contributed by atoms with Crippen molar-refractivity contribution in [2.24, 2.45) is 0 Å². The van der Waals surface area contributed by atoms with Crippen molar-refractivity contribution in [3.63, 3.8) is 0 Å². The second kappa shape index (κ2) is 5.99. The van der Waals surface area contributed by atoms with E-state index in [9.17, 15) is 26.7 Å². The second-order valence-electron chi connectivity index (χ2n) is 3.98. The highest BCUT2D eigenvalue weighted by atomic mass is 32.1. The first-order valence-electron chi connectivity index (χ1n) is 5.52. The Bertz CT molecular complexity index is 470. The molecule has 0 N–H and O–H groups in total. The molecule has 0 aliphatic rings. The predicted octanol–water partition coefficient (Wildman–Crippen LogP) is 4.55. The van der Waals surface area contributed by atoms with E-state index in [0.717, 1.165) is 17.7 Å². The maximum atomic E-state index is 13.4. The van der Waals surface area contributed by atoms with Gasteiger partial charge in [0, 0.05) is 0 Å². The van der Waals surface area contributed by atoms with Crippen LogP contribution in [0.5, 0.6) is 0 Å². The van der Waals surface area contributed by atoms with Crippen molar-refractivity contribution in [1.82, 2.24) is 0 Å². The van der Waals surface area contributed by atoms with Crippen LogP contribution in [0.2, 0.25) is 0 Å². The van der Waals surface area contributed by atoms with Crippen LogP contribution in [0.3, 0.4) is 0 Å². The molecule has 0 aliphatic heterocycles. The third-order valence-corrected chi connectivity index (χ3v) is 2.72. The molecule has 0 fully saturated rings. The molecule has 1 atom stereocenters. The molecule has 20 heavy (non-hydrogen) atoms. The van der Waals surface area contributed by atoms with Gasteiger partial charge in [0.2, 0.25) is 6.10 Å². The van der Waals surface area contributed by atoms with E-state index >= 15 is 0 Å². The summed E-state index contributed by atoms with van der Waals surface area (Å²) >= 11 is 3.09. The van der Waals surface area contributed by atoms with Crippen molar-refractivity contribution in [3.05, 3.63) is 35.4 Å². The summed E-state index contributed by atoms with van der Waals surface area (Å²) in [5.74, 6) is -5.21. The average Bonchev–Trinajstić information content (AvgIpc) is 2.34.